The van der Waals surface area contributed by atoms with E-state index in [1.54, 1.807) is 37.4 Å². The summed E-state index contributed by atoms with van der Waals surface area (Å²) in [5.41, 5.74) is 0. The third kappa shape index (κ3) is 9.06. The van der Waals surface area contributed by atoms with Crippen LogP contribution in [0.15, 0.2) is 22.5 Å². The largest absolute Gasteiger partial charge is 0.382 e. The van der Waals surface area contributed by atoms with Crippen molar-refractivity contribution in [1.29, 1.82) is 0 Å². The summed E-state index contributed by atoms with van der Waals surface area (Å²) < 4.78 is 10.7. The first kappa shape index (κ1) is 25.1. The molecule has 1 atom stereocenters. The predicted molar refractivity (Wildman–Crippen MR) is 125 cm³/mol. The number of carbonyl (C=O) groups excluding carboxylic acids is 1. The molecule has 0 bridgehead atoms. The second-order valence-electron chi connectivity index (χ2n) is 6.85. The Morgan fingerprint density at radius 2 is 2.25 bits per heavy atom. The van der Waals surface area contributed by atoms with Gasteiger partial charge in [-0.3, -0.25) is 4.79 Å². The number of aliphatic imine (C=N–C) groups is 1. The number of guanidine groups is 1. The highest BCUT2D eigenvalue weighted by Gasteiger charge is 2.25. The molecule has 0 spiro atoms. The topological polar surface area (TPSA) is 66.4 Å². The van der Waals surface area contributed by atoms with Gasteiger partial charge in [0.25, 0.3) is 0 Å². The summed E-state index contributed by atoms with van der Waals surface area (Å²) >= 11 is 1.76. The zero-order valence-corrected chi connectivity index (χ0v) is 20.2. The number of nitrogens with one attached hydrogen (secondary N) is 1. The predicted octanol–water partition coefficient (Wildman–Crippen LogP) is 1.93. The van der Waals surface area contributed by atoms with Crippen molar-refractivity contribution in [2.24, 2.45) is 10.9 Å². The van der Waals surface area contributed by atoms with Gasteiger partial charge in [-0.2, -0.15) is 0 Å². The molecule has 1 unspecified atom stereocenters. The fourth-order valence-electron chi connectivity index (χ4n) is 2.86. The summed E-state index contributed by atoms with van der Waals surface area (Å²) in [4.78, 5) is 21.7. The molecule has 1 aromatic heterocycles. The third-order valence-corrected chi connectivity index (χ3v) is 5.40. The smallest absolute Gasteiger partial charge is 0.243 e. The standard InChI is InChI=1S/C19H32N4O3S.HI/c1-22(2)18(24)13-21-19(20-8-6-17-5-4-12-27-17)23-9-7-16(14-23)15-26-11-10-25-3;/h4-5,12,16H,6-11,13-15H2,1-3H3,(H,20,21);1H. The number of rotatable bonds is 10. The van der Waals surface area contributed by atoms with E-state index in [1.807, 2.05) is 0 Å². The molecule has 1 amide bonds. The van der Waals surface area contributed by atoms with E-state index in [4.69, 9.17) is 9.47 Å². The number of methoxy groups -OCH3 is 1. The highest BCUT2D eigenvalue weighted by molar-refractivity contribution is 14.0. The molecule has 1 N–H and O–H groups in total. The van der Waals surface area contributed by atoms with Crippen LogP contribution < -0.4 is 5.32 Å². The molecule has 2 heterocycles. The fourth-order valence-corrected chi connectivity index (χ4v) is 3.57. The summed E-state index contributed by atoms with van der Waals surface area (Å²) in [5, 5.41) is 5.53. The minimum absolute atomic E-state index is 0. The van der Waals surface area contributed by atoms with Crippen molar-refractivity contribution in [3.63, 3.8) is 0 Å². The summed E-state index contributed by atoms with van der Waals surface area (Å²) in [5.74, 6) is 1.31. The quantitative estimate of drug-likeness (QED) is 0.219. The molecule has 1 saturated heterocycles. The van der Waals surface area contributed by atoms with Gasteiger partial charge in [-0.25, -0.2) is 4.99 Å². The Labute approximate surface area is 189 Å². The van der Waals surface area contributed by atoms with E-state index < -0.39 is 0 Å². The van der Waals surface area contributed by atoms with Gasteiger partial charge in [0.2, 0.25) is 5.91 Å². The van der Waals surface area contributed by atoms with E-state index in [-0.39, 0.29) is 36.4 Å². The van der Waals surface area contributed by atoms with Crippen molar-refractivity contribution in [3.8, 4) is 0 Å². The summed E-state index contributed by atoms with van der Waals surface area (Å²) in [6, 6.07) is 4.21. The lowest BCUT2D eigenvalue weighted by Gasteiger charge is -2.22. The third-order valence-electron chi connectivity index (χ3n) is 4.47. The highest BCUT2D eigenvalue weighted by Crippen LogP contribution is 2.17. The average Bonchev–Trinajstić information content (AvgIpc) is 3.33. The van der Waals surface area contributed by atoms with Crippen LogP contribution in [0.5, 0.6) is 0 Å². The van der Waals surface area contributed by atoms with Gasteiger partial charge in [0.15, 0.2) is 5.96 Å². The molecule has 160 valence electrons. The lowest BCUT2D eigenvalue weighted by molar-refractivity contribution is -0.127. The molecule has 9 heteroatoms. The maximum absolute atomic E-state index is 11.9. The normalized spacial score (nSPS) is 16.8. The molecule has 2 rings (SSSR count). The summed E-state index contributed by atoms with van der Waals surface area (Å²) in [6.45, 7) is 4.79. The monoisotopic (exact) mass is 524 g/mol. The minimum atomic E-state index is 0. The van der Waals surface area contributed by atoms with E-state index in [1.165, 1.54) is 4.88 Å². The van der Waals surface area contributed by atoms with Gasteiger partial charge >= 0.3 is 0 Å². The van der Waals surface area contributed by atoms with Gasteiger partial charge in [0.1, 0.15) is 6.54 Å². The maximum atomic E-state index is 11.9. The number of halogens is 1. The molecule has 1 aromatic rings. The Morgan fingerprint density at radius 1 is 1.43 bits per heavy atom. The zero-order valence-electron chi connectivity index (χ0n) is 17.1. The number of likely N-dealkylation sites (N-methyl/N-ethyl adjacent to an activating group) is 1. The molecule has 1 aliphatic heterocycles. The SMILES string of the molecule is COCCOCC1CCN(C(=NCC(=O)N(C)C)NCCc2cccs2)C1.I. The van der Waals surface area contributed by atoms with Crippen LogP contribution in [0.3, 0.4) is 0 Å². The van der Waals surface area contributed by atoms with Crippen molar-refractivity contribution < 1.29 is 14.3 Å². The Morgan fingerprint density at radius 3 is 2.93 bits per heavy atom. The van der Waals surface area contributed by atoms with E-state index >= 15 is 0 Å². The number of hydrogen-bond acceptors (Lipinski definition) is 5. The summed E-state index contributed by atoms with van der Waals surface area (Å²) in [7, 11) is 5.19. The molecule has 1 aliphatic rings. The first-order valence-electron chi connectivity index (χ1n) is 9.42. The van der Waals surface area contributed by atoms with Gasteiger partial charge in [0.05, 0.1) is 19.8 Å². The molecule has 1 fully saturated rings. The molecule has 0 radical (unpaired) electrons. The number of nitrogens with zero attached hydrogens (tertiary/aromatic N) is 3. The summed E-state index contributed by atoms with van der Waals surface area (Å²) in [6.07, 6.45) is 2.02. The fraction of sp³-hybridized carbons (Fsp3) is 0.684. The van der Waals surface area contributed by atoms with Crippen LogP contribution in [0.2, 0.25) is 0 Å². The lowest BCUT2D eigenvalue weighted by atomic mass is 10.1. The molecule has 0 saturated carbocycles. The molecule has 0 aliphatic carbocycles. The number of likely N-dealkylation sites (tertiary alicyclic amines) is 1. The van der Waals surface area contributed by atoms with Crippen LogP contribution in [-0.2, 0) is 20.7 Å². The lowest BCUT2D eigenvalue weighted by Crippen LogP contribution is -2.42. The first-order chi connectivity index (χ1) is 13.1. The second kappa shape index (κ2) is 14.1. The zero-order chi connectivity index (χ0) is 19.5. The number of thiophene rings is 1. The number of carbonyl (C=O) groups is 1. The van der Waals surface area contributed by atoms with E-state index in [2.05, 4.69) is 32.7 Å². The Hall–Kier alpha value is -0.910. The van der Waals surface area contributed by atoms with Gasteiger partial charge in [-0.1, -0.05) is 6.07 Å². The van der Waals surface area contributed by atoms with Crippen LogP contribution in [0.4, 0.5) is 0 Å². The van der Waals surface area contributed by atoms with Gasteiger partial charge < -0.3 is 24.6 Å². The molecule has 0 aromatic carbocycles. The number of ether oxygens (including phenoxy) is 2. The van der Waals surface area contributed by atoms with Crippen molar-refractivity contribution in [3.05, 3.63) is 22.4 Å². The van der Waals surface area contributed by atoms with E-state index in [9.17, 15) is 4.79 Å². The number of hydrogen-bond donors (Lipinski definition) is 1. The number of amides is 1. The van der Waals surface area contributed by atoms with Gasteiger partial charge in [-0.05, 0) is 24.3 Å². The Bertz CT molecular complexity index is 584. The first-order valence-corrected chi connectivity index (χ1v) is 10.3. The molecular formula is C19H33IN4O3S. The average molecular weight is 524 g/mol. The van der Waals surface area contributed by atoms with Gasteiger partial charge in [-0.15, -0.1) is 35.3 Å². The Kier molecular flexibility index (Phi) is 12.7. The van der Waals surface area contributed by atoms with Crippen LogP contribution >= 0.6 is 35.3 Å². The minimum Gasteiger partial charge on any atom is -0.382 e. The second-order valence-corrected chi connectivity index (χ2v) is 7.88. The van der Waals surface area contributed by atoms with Crippen LogP contribution in [-0.4, -0.2) is 88.9 Å². The Balaban J connectivity index is 0.00000392. The van der Waals surface area contributed by atoms with E-state index in [0.717, 1.165) is 45.0 Å². The van der Waals surface area contributed by atoms with Crippen LogP contribution in [0.1, 0.15) is 11.3 Å². The van der Waals surface area contributed by atoms with Crippen molar-refractivity contribution in [1.82, 2.24) is 15.1 Å². The van der Waals surface area contributed by atoms with Crippen molar-refractivity contribution in [2.75, 3.05) is 67.2 Å². The van der Waals surface area contributed by atoms with Crippen LogP contribution in [0, 0.1) is 5.92 Å². The highest BCUT2D eigenvalue weighted by atomic mass is 127. The van der Waals surface area contributed by atoms with Gasteiger partial charge in [0, 0.05) is 51.6 Å². The molecule has 7 nitrogen and oxygen atoms in total. The van der Waals surface area contributed by atoms with Crippen molar-refractivity contribution in [2.45, 2.75) is 12.8 Å². The molecule has 28 heavy (non-hydrogen) atoms. The maximum Gasteiger partial charge on any atom is 0.243 e. The van der Waals surface area contributed by atoms with Crippen LogP contribution in [0.25, 0.3) is 0 Å². The molecular weight excluding hydrogens is 491 g/mol. The van der Waals surface area contributed by atoms with E-state index in [0.29, 0.717) is 19.1 Å². The van der Waals surface area contributed by atoms with Crippen molar-refractivity contribution >= 4 is 47.2 Å².